The summed E-state index contributed by atoms with van der Waals surface area (Å²) in [4.78, 5) is 16.1. The molecule has 160 valence electrons. The molecule has 5 nitrogen and oxygen atoms in total. The first-order valence-corrected chi connectivity index (χ1v) is 10.3. The Kier molecular flexibility index (Phi) is 6.71. The van der Waals surface area contributed by atoms with Crippen molar-refractivity contribution < 1.29 is 17.9 Å². The number of hydrogen-bond donors (Lipinski definition) is 0. The lowest BCUT2D eigenvalue weighted by Gasteiger charge is -2.12. The second-order valence-corrected chi connectivity index (χ2v) is 7.62. The van der Waals surface area contributed by atoms with E-state index in [0.29, 0.717) is 22.9 Å². The molecule has 3 rings (SSSR count). The van der Waals surface area contributed by atoms with Crippen molar-refractivity contribution in [2.45, 2.75) is 30.4 Å². The summed E-state index contributed by atoms with van der Waals surface area (Å²) in [5.41, 5.74) is 0.523. The molecule has 0 atom stereocenters. The van der Waals surface area contributed by atoms with Gasteiger partial charge in [-0.15, -0.1) is 0 Å². The summed E-state index contributed by atoms with van der Waals surface area (Å²) in [6.07, 6.45) is -2.13. The molecule has 0 aliphatic carbocycles. The van der Waals surface area contributed by atoms with Crippen LogP contribution in [0, 0.1) is 11.3 Å². The number of thioether (sulfide) groups is 1. The van der Waals surface area contributed by atoms with E-state index >= 15 is 0 Å². The van der Waals surface area contributed by atoms with Crippen LogP contribution in [-0.4, -0.2) is 9.55 Å². The van der Waals surface area contributed by atoms with Crippen LogP contribution in [-0.2, 0) is 25.4 Å². The van der Waals surface area contributed by atoms with E-state index in [2.05, 4.69) is 4.98 Å². The molecule has 0 spiro atoms. The van der Waals surface area contributed by atoms with Crippen LogP contribution in [0.5, 0.6) is 11.5 Å². The average molecular weight is 445 g/mol. The smallest absolute Gasteiger partial charge is 0.416 e. The molecule has 0 radical (unpaired) electrons. The number of benzene rings is 2. The van der Waals surface area contributed by atoms with Crippen molar-refractivity contribution in [3.63, 3.8) is 0 Å². The van der Waals surface area contributed by atoms with Gasteiger partial charge in [0.05, 0.1) is 11.1 Å². The number of nitrogens with zero attached hydrogens (tertiary/aromatic N) is 3. The van der Waals surface area contributed by atoms with E-state index in [1.807, 2.05) is 13.0 Å². The monoisotopic (exact) mass is 445 g/mol. The first-order valence-electron chi connectivity index (χ1n) is 9.28. The van der Waals surface area contributed by atoms with Gasteiger partial charge in [-0.3, -0.25) is 4.79 Å². The minimum atomic E-state index is -4.48. The van der Waals surface area contributed by atoms with Crippen LogP contribution in [0.15, 0.2) is 58.6 Å². The van der Waals surface area contributed by atoms with Crippen LogP contribution in [0.4, 0.5) is 13.2 Å². The van der Waals surface area contributed by atoms with E-state index in [4.69, 9.17) is 4.74 Å². The number of alkyl halides is 3. The van der Waals surface area contributed by atoms with Gasteiger partial charge in [0, 0.05) is 24.6 Å². The summed E-state index contributed by atoms with van der Waals surface area (Å²) in [6.45, 7) is 1.89. The van der Waals surface area contributed by atoms with Crippen LogP contribution in [0.2, 0.25) is 0 Å². The summed E-state index contributed by atoms with van der Waals surface area (Å²) in [7, 11) is 1.81. The van der Waals surface area contributed by atoms with E-state index in [-0.39, 0.29) is 22.6 Å². The van der Waals surface area contributed by atoms with Crippen LogP contribution in [0.3, 0.4) is 0 Å². The Morgan fingerprint density at radius 2 is 2.00 bits per heavy atom. The van der Waals surface area contributed by atoms with E-state index in [1.54, 1.807) is 36.0 Å². The Morgan fingerprint density at radius 3 is 2.68 bits per heavy atom. The maximum absolute atomic E-state index is 12.9. The third-order valence-electron chi connectivity index (χ3n) is 4.43. The van der Waals surface area contributed by atoms with Crippen molar-refractivity contribution in [1.29, 1.82) is 5.26 Å². The van der Waals surface area contributed by atoms with Crippen LogP contribution in [0.25, 0.3) is 0 Å². The highest BCUT2D eigenvalue weighted by molar-refractivity contribution is 7.98. The van der Waals surface area contributed by atoms with Crippen LogP contribution >= 0.6 is 11.8 Å². The van der Waals surface area contributed by atoms with Gasteiger partial charge in [-0.25, -0.2) is 0 Å². The van der Waals surface area contributed by atoms with Gasteiger partial charge < -0.3 is 9.30 Å². The summed E-state index contributed by atoms with van der Waals surface area (Å²) >= 11 is 1.34. The molecule has 0 saturated heterocycles. The molecule has 0 saturated carbocycles. The molecular formula is C22H18F3N3O2S. The molecule has 1 heterocycles. The molecule has 0 bridgehead atoms. The van der Waals surface area contributed by atoms with E-state index in [9.17, 15) is 23.2 Å². The van der Waals surface area contributed by atoms with Crippen LogP contribution < -0.4 is 10.3 Å². The largest absolute Gasteiger partial charge is 0.456 e. The highest BCUT2D eigenvalue weighted by Crippen LogP contribution is 2.34. The van der Waals surface area contributed by atoms with Gasteiger partial charge in [-0.2, -0.15) is 23.4 Å². The quantitative estimate of drug-likeness (QED) is 0.380. The first-order chi connectivity index (χ1) is 14.7. The molecule has 0 fully saturated rings. The SMILES string of the molecule is CCc1cn(C)c(SCc2ccc(Oc3cccc(C(F)(F)F)c3)c(C#N)c2)nc1=O. The summed E-state index contributed by atoms with van der Waals surface area (Å²) < 4.78 is 46.0. The molecule has 3 aromatic rings. The van der Waals surface area contributed by atoms with E-state index in [0.717, 1.165) is 17.7 Å². The fraction of sp³-hybridized carbons (Fsp3) is 0.227. The summed E-state index contributed by atoms with van der Waals surface area (Å²) in [5, 5.41) is 10.00. The van der Waals surface area contributed by atoms with Crippen molar-refractivity contribution >= 4 is 11.8 Å². The number of hydrogen-bond acceptors (Lipinski definition) is 5. The standard InChI is InChI=1S/C22H18F3N3O2S/c1-3-15-12-28(2)21(27-20(15)29)31-13-14-7-8-19(16(9-14)11-26)30-18-6-4-5-17(10-18)22(23,24)25/h4-10,12H,3,13H2,1-2H3. The summed E-state index contributed by atoms with van der Waals surface area (Å²) in [5.74, 6) is 0.599. The molecule has 0 aliphatic rings. The Balaban J connectivity index is 1.77. The highest BCUT2D eigenvalue weighted by atomic mass is 32.2. The zero-order valence-electron chi connectivity index (χ0n) is 16.7. The third-order valence-corrected chi connectivity index (χ3v) is 5.54. The number of aryl methyl sites for hydroxylation is 2. The fourth-order valence-corrected chi connectivity index (χ4v) is 3.69. The van der Waals surface area contributed by atoms with Crippen molar-refractivity contribution in [2.75, 3.05) is 0 Å². The Morgan fingerprint density at radius 1 is 1.23 bits per heavy atom. The van der Waals surface area contributed by atoms with Gasteiger partial charge in [-0.1, -0.05) is 30.8 Å². The molecule has 0 amide bonds. The Bertz CT molecular complexity index is 1200. The van der Waals surface area contributed by atoms with Crippen molar-refractivity contribution in [3.8, 4) is 17.6 Å². The second kappa shape index (κ2) is 9.27. The lowest BCUT2D eigenvalue weighted by molar-refractivity contribution is -0.137. The number of rotatable bonds is 6. The van der Waals surface area contributed by atoms with Gasteiger partial charge in [0.25, 0.3) is 5.56 Å². The maximum atomic E-state index is 12.9. The molecule has 0 aliphatic heterocycles. The predicted octanol–water partition coefficient (Wildman–Crippen LogP) is 5.32. The fourth-order valence-electron chi connectivity index (χ4n) is 2.81. The van der Waals surface area contributed by atoms with Gasteiger partial charge in [-0.05, 0) is 42.3 Å². The van der Waals surface area contributed by atoms with Crippen LogP contribution in [0.1, 0.15) is 29.2 Å². The number of aromatic nitrogens is 2. The molecule has 9 heteroatoms. The molecule has 0 N–H and O–H groups in total. The minimum absolute atomic E-state index is 0.0105. The Hall–Kier alpha value is -3.25. The molecule has 0 unspecified atom stereocenters. The maximum Gasteiger partial charge on any atom is 0.416 e. The second-order valence-electron chi connectivity index (χ2n) is 6.68. The molecular weight excluding hydrogens is 427 g/mol. The van der Waals surface area contributed by atoms with E-state index < -0.39 is 11.7 Å². The topological polar surface area (TPSA) is 67.9 Å². The number of halogens is 3. The third kappa shape index (κ3) is 5.47. The Labute approximate surface area is 181 Å². The van der Waals surface area contributed by atoms with E-state index in [1.165, 1.54) is 23.9 Å². The van der Waals surface area contributed by atoms with Gasteiger partial charge in [0.15, 0.2) is 5.16 Å². The number of ether oxygens (including phenoxy) is 1. The van der Waals surface area contributed by atoms with Crippen molar-refractivity contribution in [2.24, 2.45) is 7.05 Å². The minimum Gasteiger partial charge on any atom is -0.456 e. The highest BCUT2D eigenvalue weighted by Gasteiger charge is 2.30. The normalized spacial score (nSPS) is 11.2. The first kappa shape index (κ1) is 22.4. The van der Waals surface area contributed by atoms with Gasteiger partial charge >= 0.3 is 6.18 Å². The number of nitriles is 1. The molecule has 2 aromatic carbocycles. The molecule has 1 aromatic heterocycles. The summed E-state index contributed by atoms with van der Waals surface area (Å²) in [6, 6.07) is 11.4. The molecule has 31 heavy (non-hydrogen) atoms. The zero-order valence-corrected chi connectivity index (χ0v) is 17.5. The predicted molar refractivity (Wildman–Crippen MR) is 111 cm³/mol. The van der Waals surface area contributed by atoms with Gasteiger partial charge in [0.1, 0.15) is 17.6 Å². The zero-order chi connectivity index (χ0) is 22.6. The van der Waals surface area contributed by atoms with Crippen molar-refractivity contribution in [1.82, 2.24) is 9.55 Å². The van der Waals surface area contributed by atoms with Gasteiger partial charge in [0.2, 0.25) is 0 Å². The lowest BCUT2D eigenvalue weighted by Crippen LogP contribution is -2.17. The average Bonchev–Trinajstić information content (AvgIpc) is 2.74. The lowest BCUT2D eigenvalue weighted by atomic mass is 10.1. The van der Waals surface area contributed by atoms with Crippen molar-refractivity contribution in [3.05, 3.63) is 81.3 Å².